The number of carbonyl (C=O) groups is 1. The van der Waals surface area contributed by atoms with Gasteiger partial charge in [0.1, 0.15) is 5.75 Å². The van der Waals surface area contributed by atoms with Crippen LogP contribution in [-0.2, 0) is 6.54 Å². The third-order valence-electron chi connectivity index (χ3n) is 5.07. The molecule has 30 heavy (non-hydrogen) atoms. The summed E-state index contributed by atoms with van der Waals surface area (Å²) in [7, 11) is 1.62. The fourth-order valence-corrected chi connectivity index (χ4v) is 3.46. The molecule has 1 fully saturated rings. The first-order valence-corrected chi connectivity index (χ1v) is 9.76. The van der Waals surface area contributed by atoms with Gasteiger partial charge in [0.05, 0.1) is 13.7 Å². The fraction of sp³-hybridized carbons (Fsp3) is 0.318. The largest absolute Gasteiger partial charge is 0.497 e. The maximum Gasteiger partial charge on any atom is 0.257 e. The Hall–Kier alpha value is -2.90. The topological polar surface area (TPSA) is 71.7 Å². The van der Waals surface area contributed by atoms with Crippen LogP contribution in [0.3, 0.4) is 0 Å². The van der Waals surface area contributed by atoms with Crippen molar-refractivity contribution in [3.05, 3.63) is 66.0 Å². The van der Waals surface area contributed by atoms with E-state index in [4.69, 9.17) is 9.26 Å². The molecule has 0 unspecified atom stereocenters. The Bertz CT molecular complexity index is 947. The first-order chi connectivity index (χ1) is 14.2. The molecule has 8 heteroatoms. The molecule has 1 aromatic heterocycles. The molecule has 1 saturated heterocycles. The highest BCUT2D eigenvalue weighted by Gasteiger charge is 2.21. The van der Waals surface area contributed by atoms with Crippen LogP contribution in [0.5, 0.6) is 5.75 Å². The number of nitrogens with zero attached hydrogens (tertiary/aromatic N) is 4. The monoisotopic (exact) mass is 428 g/mol. The van der Waals surface area contributed by atoms with Crippen molar-refractivity contribution in [2.45, 2.75) is 13.0 Å². The molecule has 3 aromatic rings. The number of aromatic nitrogens is 2. The minimum Gasteiger partial charge on any atom is -0.497 e. The highest BCUT2D eigenvalue weighted by Crippen LogP contribution is 2.18. The summed E-state index contributed by atoms with van der Waals surface area (Å²) < 4.78 is 10.6. The summed E-state index contributed by atoms with van der Waals surface area (Å²) in [5.41, 5.74) is 1.60. The number of halogens is 1. The van der Waals surface area contributed by atoms with Gasteiger partial charge in [0.15, 0.2) is 5.82 Å². The number of methoxy groups -OCH3 is 1. The van der Waals surface area contributed by atoms with Gasteiger partial charge in [0.2, 0.25) is 0 Å². The van der Waals surface area contributed by atoms with Gasteiger partial charge in [-0.3, -0.25) is 9.69 Å². The molecule has 1 amide bonds. The lowest BCUT2D eigenvalue weighted by atomic mass is 10.2. The van der Waals surface area contributed by atoms with Crippen LogP contribution in [0.15, 0.2) is 59.1 Å². The highest BCUT2D eigenvalue weighted by atomic mass is 35.5. The molecule has 0 bridgehead atoms. The zero-order valence-electron chi connectivity index (χ0n) is 16.9. The predicted octanol–water partition coefficient (Wildman–Crippen LogP) is 3.52. The Balaban J connectivity index is 0.00000256. The average molecular weight is 429 g/mol. The van der Waals surface area contributed by atoms with Gasteiger partial charge in [-0.2, -0.15) is 4.98 Å². The number of benzene rings is 2. The van der Waals surface area contributed by atoms with E-state index in [1.165, 1.54) is 0 Å². The number of hydrogen-bond acceptors (Lipinski definition) is 6. The fourth-order valence-electron chi connectivity index (χ4n) is 3.46. The number of hydrogen-bond donors (Lipinski definition) is 0. The number of amides is 1. The summed E-state index contributed by atoms with van der Waals surface area (Å²) in [5.74, 6) is 2.00. The number of rotatable bonds is 5. The Labute approximate surface area is 182 Å². The molecular formula is C22H25ClN4O3. The van der Waals surface area contributed by atoms with Crippen molar-refractivity contribution in [2.75, 3.05) is 33.3 Å². The van der Waals surface area contributed by atoms with Crippen molar-refractivity contribution in [3.8, 4) is 17.2 Å². The molecule has 0 spiro atoms. The van der Waals surface area contributed by atoms with Gasteiger partial charge in [-0.1, -0.05) is 23.4 Å². The molecule has 2 heterocycles. The molecule has 1 aliphatic rings. The lowest BCUT2D eigenvalue weighted by molar-refractivity contribution is 0.0761. The van der Waals surface area contributed by atoms with E-state index < -0.39 is 0 Å². The minimum atomic E-state index is 0. The molecule has 2 aromatic carbocycles. The number of ether oxygens (including phenoxy) is 1. The van der Waals surface area contributed by atoms with Crippen LogP contribution in [0.4, 0.5) is 0 Å². The smallest absolute Gasteiger partial charge is 0.257 e. The van der Waals surface area contributed by atoms with Gasteiger partial charge in [-0.15, -0.1) is 12.4 Å². The van der Waals surface area contributed by atoms with Gasteiger partial charge in [0, 0.05) is 37.3 Å². The van der Waals surface area contributed by atoms with E-state index in [1.807, 2.05) is 59.5 Å². The summed E-state index contributed by atoms with van der Waals surface area (Å²) in [4.78, 5) is 21.5. The van der Waals surface area contributed by atoms with Crippen molar-refractivity contribution in [1.82, 2.24) is 19.9 Å². The summed E-state index contributed by atoms with van der Waals surface area (Å²) in [6, 6.07) is 17.0. The maximum absolute atomic E-state index is 12.8. The van der Waals surface area contributed by atoms with Crippen LogP contribution in [0.25, 0.3) is 11.5 Å². The quantitative estimate of drug-likeness (QED) is 0.619. The molecule has 158 valence electrons. The van der Waals surface area contributed by atoms with Gasteiger partial charge in [-0.25, -0.2) is 0 Å². The van der Waals surface area contributed by atoms with Crippen LogP contribution in [0.2, 0.25) is 0 Å². The number of carbonyl (C=O) groups excluding carboxylic acids is 1. The van der Waals surface area contributed by atoms with Gasteiger partial charge >= 0.3 is 0 Å². The Morgan fingerprint density at radius 3 is 2.53 bits per heavy atom. The molecule has 1 aliphatic heterocycles. The molecule has 0 atom stereocenters. The first-order valence-electron chi connectivity index (χ1n) is 9.76. The summed E-state index contributed by atoms with van der Waals surface area (Å²) >= 11 is 0. The maximum atomic E-state index is 12.8. The molecule has 0 N–H and O–H groups in total. The molecule has 7 nitrogen and oxygen atoms in total. The van der Waals surface area contributed by atoms with Crippen molar-refractivity contribution in [3.63, 3.8) is 0 Å². The Kier molecular flexibility index (Phi) is 7.43. The zero-order chi connectivity index (χ0) is 20.1. The standard InChI is InChI=1S/C22H24N4O3.ClH/c1-28-19-10-8-18(9-11-19)22(27)26-13-5-12-25(14-15-26)16-20-23-21(29-24-20)17-6-3-2-4-7-17;/h2-4,6-11H,5,12-16H2,1H3;1H. The van der Waals surface area contributed by atoms with E-state index in [9.17, 15) is 4.79 Å². The highest BCUT2D eigenvalue weighted by molar-refractivity contribution is 5.94. The van der Waals surface area contributed by atoms with Gasteiger partial charge in [-0.05, 0) is 42.8 Å². The molecule has 4 rings (SSSR count). The van der Waals surface area contributed by atoms with Gasteiger partial charge in [0.25, 0.3) is 11.8 Å². The van der Waals surface area contributed by atoms with Crippen molar-refractivity contribution in [1.29, 1.82) is 0 Å². The van der Waals surface area contributed by atoms with E-state index >= 15 is 0 Å². The van der Waals surface area contributed by atoms with Crippen molar-refractivity contribution in [2.24, 2.45) is 0 Å². The van der Waals surface area contributed by atoms with E-state index in [0.717, 1.165) is 37.4 Å². The average Bonchev–Trinajstić information content (AvgIpc) is 3.12. The Morgan fingerprint density at radius 1 is 1.03 bits per heavy atom. The second-order valence-corrected chi connectivity index (χ2v) is 7.03. The SMILES string of the molecule is COc1ccc(C(=O)N2CCCN(Cc3noc(-c4ccccc4)n3)CC2)cc1.Cl. The van der Waals surface area contributed by atoms with Crippen LogP contribution < -0.4 is 4.74 Å². The third kappa shape index (κ3) is 5.17. The summed E-state index contributed by atoms with van der Waals surface area (Å²) in [5, 5.41) is 4.12. The minimum absolute atomic E-state index is 0. The summed E-state index contributed by atoms with van der Waals surface area (Å²) in [6.45, 7) is 3.69. The van der Waals surface area contributed by atoms with E-state index in [1.54, 1.807) is 7.11 Å². The van der Waals surface area contributed by atoms with E-state index in [2.05, 4.69) is 15.0 Å². The van der Waals surface area contributed by atoms with Crippen LogP contribution in [0.1, 0.15) is 22.6 Å². The lowest BCUT2D eigenvalue weighted by Crippen LogP contribution is -2.35. The van der Waals surface area contributed by atoms with Crippen LogP contribution in [-0.4, -0.2) is 59.1 Å². The van der Waals surface area contributed by atoms with Gasteiger partial charge < -0.3 is 14.2 Å². The second kappa shape index (κ2) is 10.2. The third-order valence-corrected chi connectivity index (χ3v) is 5.07. The van der Waals surface area contributed by atoms with Crippen molar-refractivity contribution >= 4 is 18.3 Å². The molecule has 0 radical (unpaired) electrons. The summed E-state index contributed by atoms with van der Waals surface area (Å²) in [6.07, 6.45) is 0.908. The first kappa shape index (κ1) is 21.8. The van der Waals surface area contributed by atoms with E-state index in [-0.39, 0.29) is 18.3 Å². The normalized spacial score (nSPS) is 14.6. The van der Waals surface area contributed by atoms with E-state index in [0.29, 0.717) is 30.4 Å². The lowest BCUT2D eigenvalue weighted by Gasteiger charge is -2.21. The van der Waals surface area contributed by atoms with Crippen LogP contribution in [0, 0.1) is 0 Å². The predicted molar refractivity (Wildman–Crippen MR) is 116 cm³/mol. The second-order valence-electron chi connectivity index (χ2n) is 7.03. The zero-order valence-corrected chi connectivity index (χ0v) is 17.7. The Morgan fingerprint density at radius 2 is 1.80 bits per heavy atom. The van der Waals surface area contributed by atoms with Crippen LogP contribution >= 0.6 is 12.4 Å². The molecular weight excluding hydrogens is 404 g/mol. The molecule has 0 aliphatic carbocycles. The van der Waals surface area contributed by atoms with Crippen molar-refractivity contribution < 1.29 is 14.1 Å². The molecule has 0 saturated carbocycles.